The summed E-state index contributed by atoms with van der Waals surface area (Å²) in [6.07, 6.45) is 2.51. The van der Waals surface area contributed by atoms with Crippen molar-refractivity contribution >= 4 is 0 Å². The second kappa shape index (κ2) is 6.37. The first kappa shape index (κ1) is 11.9. The second-order valence-electron chi connectivity index (χ2n) is 3.51. The summed E-state index contributed by atoms with van der Waals surface area (Å²) in [4.78, 5) is 4.25. The normalized spacial score (nSPS) is 12.5. The lowest BCUT2D eigenvalue weighted by molar-refractivity contribution is 0.146. The van der Waals surface area contributed by atoms with Gasteiger partial charge in [0.2, 0.25) is 0 Å². The standard InChI is InChI=1S/C11H18N2O2/c1-9(12)7-10-3-4-11(8-13-10)15-6-5-14-2/h3-4,8-9H,5-7,12H2,1-2H3. The summed E-state index contributed by atoms with van der Waals surface area (Å²) in [6.45, 7) is 3.09. The number of nitrogens with two attached hydrogens (primary N) is 1. The van der Waals surface area contributed by atoms with Crippen LogP contribution in [0.15, 0.2) is 18.3 Å². The average Bonchev–Trinajstić information content (AvgIpc) is 2.20. The smallest absolute Gasteiger partial charge is 0.137 e. The molecule has 4 nitrogen and oxygen atoms in total. The molecule has 0 aliphatic heterocycles. The van der Waals surface area contributed by atoms with Gasteiger partial charge in [0.1, 0.15) is 12.4 Å². The van der Waals surface area contributed by atoms with Crippen LogP contribution >= 0.6 is 0 Å². The predicted molar refractivity (Wildman–Crippen MR) is 59.0 cm³/mol. The van der Waals surface area contributed by atoms with Crippen molar-refractivity contribution in [3.05, 3.63) is 24.0 Å². The Labute approximate surface area is 90.4 Å². The van der Waals surface area contributed by atoms with Crippen LogP contribution in [0.5, 0.6) is 5.75 Å². The van der Waals surface area contributed by atoms with Gasteiger partial charge in [-0.25, -0.2) is 0 Å². The fourth-order valence-electron chi connectivity index (χ4n) is 1.19. The van der Waals surface area contributed by atoms with Crippen molar-refractivity contribution in [3.8, 4) is 5.75 Å². The zero-order chi connectivity index (χ0) is 11.1. The van der Waals surface area contributed by atoms with Crippen LogP contribution in [0.25, 0.3) is 0 Å². The topological polar surface area (TPSA) is 57.4 Å². The Bertz CT molecular complexity index is 272. The van der Waals surface area contributed by atoms with Crippen LogP contribution in [-0.4, -0.2) is 31.3 Å². The van der Waals surface area contributed by atoms with Gasteiger partial charge in [-0.3, -0.25) is 4.98 Å². The third-order valence-electron chi connectivity index (χ3n) is 1.88. The molecule has 0 bridgehead atoms. The molecule has 0 fully saturated rings. The van der Waals surface area contributed by atoms with E-state index in [4.69, 9.17) is 15.2 Å². The van der Waals surface area contributed by atoms with Crippen LogP contribution in [0.4, 0.5) is 0 Å². The molecule has 0 aliphatic rings. The third kappa shape index (κ3) is 4.76. The van der Waals surface area contributed by atoms with E-state index in [1.54, 1.807) is 13.3 Å². The summed E-state index contributed by atoms with van der Waals surface area (Å²) in [6, 6.07) is 3.98. The van der Waals surface area contributed by atoms with E-state index >= 15 is 0 Å². The highest BCUT2D eigenvalue weighted by molar-refractivity contribution is 5.20. The summed E-state index contributed by atoms with van der Waals surface area (Å²) in [7, 11) is 1.65. The van der Waals surface area contributed by atoms with Gasteiger partial charge in [0.05, 0.1) is 12.8 Å². The lowest BCUT2D eigenvalue weighted by Crippen LogP contribution is -2.18. The molecule has 1 heterocycles. The number of ether oxygens (including phenoxy) is 2. The Kier molecular flexibility index (Phi) is 5.07. The van der Waals surface area contributed by atoms with E-state index in [-0.39, 0.29) is 6.04 Å². The summed E-state index contributed by atoms with van der Waals surface area (Å²) in [5.41, 5.74) is 6.66. The van der Waals surface area contributed by atoms with E-state index in [2.05, 4.69) is 4.98 Å². The first-order valence-electron chi connectivity index (χ1n) is 5.04. The van der Waals surface area contributed by atoms with Gasteiger partial charge in [0.25, 0.3) is 0 Å². The first-order valence-corrected chi connectivity index (χ1v) is 5.04. The van der Waals surface area contributed by atoms with Crippen molar-refractivity contribution < 1.29 is 9.47 Å². The number of rotatable bonds is 6. The summed E-state index contributed by atoms with van der Waals surface area (Å²) in [5, 5.41) is 0. The van der Waals surface area contributed by atoms with E-state index < -0.39 is 0 Å². The summed E-state index contributed by atoms with van der Waals surface area (Å²) >= 11 is 0. The van der Waals surface area contributed by atoms with Crippen molar-refractivity contribution in [1.82, 2.24) is 4.98 Å². The molecule has 84 valence electrons. The van der Waals surface area contributed by atoms with Crippen molar-refractivity contribution in [3.63, 3.8) is 0 Å². The van der Waals surface area contributed by atoms with E-state index in [1.165, 1.54) is 0 Å². The van der Waals surface area contributed by atoms with Gasteiger partial charge < -0.3 is 15.2 Å². The maximum Gasteiger partial charge on any atom is 0.137 e. The van der Waals surface area contributed by atoms with Gasteiger partial charge >= 0.3 is 0 Å². The number of hydrogen-bond donors (Lipinski definition) is 1. The Morgan fingerprint density at radius 3 is 2.73 bits per heavy atom. The van der Waals surface area contributed by atoms with Crippen LogP contribution in [0.3, 0.4) is 0 Å². The van der Waals surface area contributed by atoms with Gasteiger partial charge in [-0.2, -0.15) is 0 Å². The molecule has 0 aromatic carbocycles. The molecular formula is C11H18N2O2. The molecule has 1 unspecified atom stereocenters. The summed E-state index contributed by atoms with van der Waals surface area (Å²) in [5.74, 6) is 0.764. The van der Waals surface area contributed by atoms with Crippen LogP contribution in [-0.2, 0) is 11.2 Å². The van der Waals surface area contributed by atoms with Crippen molar-refractivity contribution in [2.45, 2.75) is 19.4 Å². The van der Waals surface area contributed by atoms with Gasteiger partial charge in [0, 0.05) is 25.3 Å². The highest BCUT2D eigenvalue weighted by Crippen LogP contribution is 2.09. The highest BCUT2D eigenvalue weighted by Gasteiger charge is 2.00. The SMILES string of the molecule is COCCOc1ccc(CC(C)N)nc1. The minimum atomic E-state index is 0.137. The fraction of sp³-hybridized carbons (Fsp3) is 0.545. The molecule has 1 aromatic heterocycles. The molecule has 1 rings (SSSR count). The molecule has 0 radical (unpaired) electrons. The molecule has 0 saturated carbocycles. The van der Waals surface area contributed by atoms with Crippen LogP contribution in [0.2, 0.25) is 0 Å². The summed E-state index contributed by atoms with van der Waals surface area (Å²) < 4.78 is 10.3. The molecule has 1 atom stereocenters. The third-order valence-corrected chi connectivity index (χ3v) is 1.88. The number of aromatic nitrogens is 1. The molecule has 2 N–H and O–H groups in total. The lowest BCUT2D eigenvalue weighted by atomic mass is 10.2. The van der Waals surface area contributed by atoms with Crippen molar-refractivity contribution in [2.24, 2.45) is 5.73 Å². The lowest BCUT2D eigenvalue weighted by Gasteiger charge is -2.07. The zero-order valence-electron chi connectivity index (χ0n) is 9.27. The van der Waals surface area contributed by atoms with Crippen molar-refractivity contribution in [1.29, 1.82) is 0 Å². The fourth-order valence-corrected chi connectivity index (χ4v) is 1.19. The zero-order valence-corrected chi connectivity index (χ0v) is 9.27. The predicted octanol–water partition coefficient (Wildman–Crippen LogP) is 0.996. The number of hydrogen-bond acceptors (Lipinski definition) is 4. The number of nitrogens with zero attached hydrogens (tertiary/aromatic N) is 1. The number of pyridine rings is 1. The Balaban J connectivity index is 2.42. The molecular weight excluding hydrogens is 192 g/mol. The van der Waals surface area contributed by atoms with E-state index in [1.807, 2.05) is 19.1 Å². The Morgan fingerprint density at radius 2 is 2.20 bits per heavy atom. The van der Waals surface area contributed by atoms with Gasteiger partial charge in [0.15, 0.2) is 0 Å². The quantitative estimate of drug-likeness (QED) is 0.711. The van der Waals surface area contributed by atoms with Gasteiger partial charge in [-0.05, 0) is 19.1 Å². The Hall–Kier alpha value is -1.13. The van der Waals surface area contributed by atoms with E-state index in [0.29, 0.717) is 13.2 Å². The number of methoxy groups -OCH3 is 1. The van der Waals surface area contributed by atoms with Crippen LogP contribution < -0.4 is 10.5 Å². The highest BCUT2D eigenvalue weighted by atomic mass is 16.5. The minimum Gasteiger partial charge on any atom is -0.490 e. The average molecular weight is 210 g/mol. The molecule has 0 amide bonds. The second-order valence-corrected chi connectivity index (χ2v) is 3.51. The Morgan fingerprint density at radius 1 is 1.40 bits per heavy atom. The molecule has 1 aromatic rings. The van der Waals surface area contributed by atoms with Crippen molar-refractivity contribution in [2.75, 3.05) is 20.3 Å². The molecule has 0 aliphatic carbocycles. The van der Waals surface area contributed by atoms with E-state index in [0.717, 1.165) is 17.9 Å². The molecule has 4 heteroatoms. The minimum absolute atomic E-state index is 0.137. The molecule has 0 saturated heterocycles. The first-order chi connectivity index (χ1) is 7.22. The van der Waals surface area contributed by atoms with E-state index in [9.17, 15) is 0 Å². The molecule has 0 spiro atoms. The van der Waals surface area contributed by atoms with Crippen LogP contribution in [0, 0.1) is 0 Å². The largest absolute Gasteiger partial charge is 0.490 e. The molecule has 15 heavy (non-hydrogen) atoms. The van der Waals surface area contributed by atoms with Gasteiger partial charge in [-0.15, -0.1) is 0 Å². The monoisotopic (exact) mass is 210 g/mol. The van der Waals surface area contributed by atoms with Gasteiger partial charge in [-0.1, -0.05) is 0 Å². The maximum atomic E-state index is 5.67. The van der Waals surface area contributed by atoms with Crippen LogP contribution in [0.1, 0.15) is 12.6 Å². The maximum absolute atomic E-state index is 5.67.